The van der Waals surface area contributed by atoms with E-state index in [1.165, 1.54) is 5.56 Å². The zero-order chi connectivity index (χ0) is 10.2. The molecule has 3 N–H and O–H groups in total. The lowest BCUT2D eigenvalue weighted by Gasteiger charge is -2.31. The molecule has 2 rings (SSSR count). The van der Waals surface area contributed by atoms with Gasteiger partial charge in [0.05, 0.1) is 3.79 Å². The summed E-state index contributed by atoms with van der Waals surface area (Å²) in [4.78, 5) is 1.13. The summed E-state index contributed by atoms with van der Waals surface area (Å²) in [6.07, 6.45) is 3.67. The molecule has 78 valence electrons. The molecule has 1 atom stereocenters. The molecule has 0 amide bonds. The second-order valence-electron chi connectivity index (χ2n) is 3.83. The van der Waals surface area contributed by atoms with E-state index < -0.39 is 5.60 Å². The summed E-state index contributed by atoms with van der Waals surface area (Å²) < 4.78 is 1.11. The van der Waals surface area contributed by atoms with E-state index in [1.807, 2.05) is 0 Å². The van der Waals surface area contributed by atoms with Crippen LogP contribution in [0, 0.1) is 0 Å². The van der Waals surface area contributed by atoms with Crippen molar-refractivity contribution in [3.8, 4) is 0 Å². The van der Waals surface area contributed by atoms with Crippen LogP contribution in [0.3, 0.4) is 0 Å². The monoisotopic (exact) mass is 275 g/mol. The van der Waals surface area contributed by atoms with Crippen molar-refractivity contribution in [2.75, 3.05) is 6.54 Å². The fourth-order valence-electron chi connectivity index (χ4n) is 2.14. The smallest absolute Gasteiger partial charge is 0.100 e. The van der Waals surface area contributed by atoms with Crippen LogP contribution in [0.25, 0.3) is 0 Å². The minimum Gasteiger partial charge on any atom is -0.384 e. The maximum atomic E-state index is 10.4. The number of thiophene rings is 1. The Morgan fingerprint density at radius 2 is 2.43 bits per heavy atom. The third-order valence-corrected chi connectivity index (χ3v) is 4.67. The van der Waals surface area contributed by atoms with E-state index >= 15 is 0 Å². The molecular weight excluding hydrogens is 262 g/mol. The Kier molecular flexibility index (Phi) is 2.98. The molecule has 2 nitrogen and oxygen atoms in total. The van der Waals surface area contributed by atoms with Crippen LogP contribution in [0.4, 0.5) is 0 Å². The lowest BCUT2D eigenvalue weighted by molar-refractivity contribution is 0.0165. The van der Waals surface area contributed by atoms with Crippen LogP contribution in [-0.2, 0) is 12.0 Å². The van der Waals surface area contributed by atoms with Gasteiger partial charge in [-0.25, -0.2) is 0 Å². The molecule has 0 spiro atoms. The number of hydrogen-bond donors (Lipinski definition) is 2. The summed E-state index contributed by atoms with van der Waals surface area (Å²) in [5.41, 5.74) is 6.18. The van der Waals surface area contributed by atoms with Gasteiger partial charge in [0.2, 0.25) is 0 Å². The molecule has 0 bridgehead atoms. The second-order valence-corrected chi connectivity index (χ2v) is 6.26. The highest BCUT2D eigenvalue weighted by atomic mass is 79.9. The molecule has 0 saturated carbocycles. The molecule has 14 heavy (non-hydrogen) atoms. The zero-order valence-electron chi connectivity index (χ0n) is 7.92. The van der Waals surface area contributed by atoms with Gasteiger partial charge in [-0.3, -0.25) is 0 Å². The second kappa shape index (κ2) is 3.93. The number of nitrogens with two attached hydrogens (primary N) is 1. The summed E-state index contributed by atoms with van der Waals surface area (Å²) >= 11 is 5.12. The number of aliphatic hydroxyl groups is 1. The van der Waals surface area contributed by atoms with Crippen molar-refractivity contribution in [3.05, 3.63) is 20.3 Å². The highest BCUT2D eigenvalue weighted by molar-refractivity contribution is 9.11. The van der Waals surface area contributed by atoms with E-state index in [2.05, 4.69) is 22.0 Å². The number of halogens is 1. The van der Waals surface area contributed by atoms with Crippen LogP contribution in [0.5, 0.6) is 0 Å². The van der Waals surface area contributed by atoms with E-state index in [4.69, 9.17) is 5.73 Å². The Labute approximate surface area is 96.3 Å². The fourth-order valence-corrected chi connectivity index (χ4v) is 3.98. The van der Waals surface area contributed by atoms with Crippen LogP contribution >= 0.6 is 27.3 Å². The van der Waals surface area contributed by atoms with E-state index in [-0.39, 0.29) is 0 Å². The van der Waals surface area contributed by atoms with Gasteiger partial charge in [0.1, 0.15) is 5.60 Å². The molecule has 0 aromatic carbocycles. The molecule has 0 aliphatic heterocycles. The number of aryl methyl sites for hydroxylation is 1. The summed E-state index contributed by atoms with van der Waals surface area (Å²) in [5.74, 6) is 0. The molecule has 1 aromatic rings. The largest absolute Gasteiger partial charge is 0.384 e. The first-order valence-electron chi connectivity index (χ1n) is 4.87. The standard InChI is InChI=1S/C10H14BrNOS/c11-8-6-7-2-1-3-10(13,4-5-12)9(7)14-8/h6,13H,1-5,12H2. The predicted octanol–water partition coefficient (Wildman–Crippen LogP) is 2.38. The third kappa shape index (κ3) is 1.76. The van der Waals surface area contributed by atoms with Crippen molar-refractivity contribution < 1.29 is 5.11 Å². The minimum absolute atomic E-state index is 0.547. The first-order valence-corrected chi connectivity index (χ1v) is 6.48. The van der Waals surface area contributed by atoms with Crippen molar-refractivity contribution in [3.63, 3.8) is 0 Å². The summed E-state index contributed by atoms with van der Waals surface area (Å²) in [6, 6.07) is 2.13. The van der Waals surface area contributed by atoms with Gasteiger partial charge in [-0.2, -0.15) is 0 Å². The van der Waals surface area contributed by atoms with Gasteiger partial charge in [-0.1, -0.05) is 0 Å². The van der Waals surface area contributed by atoms with E-state index in [1.54, 1.807) is 11.3 Å². The van der Waals surface area contributed by atoms with Gasteiger partial charge in [-0.15, -0.1) is 11.3 Å². The van der Waals surface area contributed by atoms with Gasteiger partial charge in [0.25, 0.3) is 0 Å². The fraction of sp³-hybridized carbons (Fsp3) is 0.600. The molecule has 1 aliphatic carbocycles. The molecule has 0 radical (unpaired) electrons. The molecule has 0 fully saturated rings. The summed E-state index contributed by atoms with van der Waals surface area (Å²) in [5, 5.41) is 10.4. The average molecular weight is 276 g/mol. The molecule has 0 saturated heterocycles. The predicted molar refractivity (Wildman–Crippen MR) is 62.5 cm³/mol. The van der Waals surface area contributed by atoms with Crippen LogP contribution in [-0.4, -0.2) is 11.7 Å². The van der Waals surface area contributed by atoms with Crippen LogP contribution in [0.1, 0.15) is 29.7 Å². The van der Waals surface area contributed by atoms with Crippen molar-refractivity contribution >= 4 is 27.3 Å². The van der Waals surface area contributed by atoms with Gasteiger partial charge in [0.15, 0.2) is 0 Å². The lowest BCUT2D eigenvalue weighted by atomic mass is 9.83. The Hall–Kier alpha value is 0.1000. The molecule has 1 aromatic heterocycles. The Morgan fingerprint density at radius 3 is 3.14 bits per heavy atom. The van der Waals surface area contributed by atoms with Crippen molar-refractivity contribution in [1.82, 2.24) is 0 Å². The van der Waals surface area contributed by atoms with Crippen LogP contribution in [0.15, 0.2) is 9.85 Å². The number of fused-ring (bicyclic) bond motifs is 1. The highest BCUT2D eigenvalue weighted by Crippen LogP contribution is 2.43. The SMILES string of the molecule is NCCC1(O)CCCc2cc(Br)sc21. The first-order chi connectivity index (χ1) is 6.65. The topological polar surface area (TPSA) is 46.2 Å². The quantitative estimate of drug-likeness (QED) is 0.871. The Balaban J connectivity index is 2.38. The van der Waals surface area contributed by atoms with E-state index in [0.29, 0.717) is 13.0 Å². The molecule has 1 aliphatic rings. The van der Waals surface area contributed by atoms with Crippen LogP contribution < -0.4 is 5.73 Å². The average Bonchev–Trinajstić information content (AvgIpc) is 2.48. The van der Waals surface area contributed by atoms with Crippen molar-refractivity contribution in [2.24, 2.45) is 5.73 Å². The molecule has 4 heteroatoms. The normalized spacial score (nSPS) is 26.2. The number of hydrogen-bond acceptors (Lipinski definition) is 3. The van der Waals surface area contributed by atoms with Gasteiger partial charge >= 0.3 is 0 Å². The maximum absolute atomic E-state index is 10.4. The summed E-state index contributed by atoms with van der Waals surface area (Å²) in [7, 11) is 0. The van der Waals surface area contributed by atoms with Crippen molar-refractivity contribution in [1.29, 1.82) is 0 Å². The van der Waals surface area contributed by atoms with Crippen molar-refractivity contribution in [2.45, 2.75) is 31.3 Å². The lowest BCUT2D eigenvalue weighted by Crippen LogP contribution is -2.31. The minimum atomic E-state index is -0.654. The summed E-state index contributed by atoms with van der Waals surface area (Å²) in [6.45, 7) is 0.547. The van der Waals surface area contributed by atoms with Gasteiger partial charge in [-0.05, 0) is 59.8 Å². The molecule has 1 unspecified atom stereocenters. The Morgan fingerprint density at radius 1 is 1.64 bits per heavy atom. The highest BCUT2D eigenvalue weighted by Gasteiger charge is 2.35. The number of rotatable bonds is 2. The third-order valence-electron chi connectivity index (χ3n) is 2.80. The van der Waals surface area contributed by atoms with E-state index in [0.717, 1.165) is 27.9 Å². The molecular formula is C10H14BrNOS. The Bertz CT molecular complexity index is 339. The van der Waals surface area contributed by atoms with Gasteiger partial charge < -0.3 is 10.8 Å². The van der Waals surface area contributed by atoms with E-state index in [9.17, 15) is 5.11 Å². The van der Waals surface area contributed by atoms with Crippen LogP contribution in [0.2, 0.25) is 0 Å². The van der Waals surface area contributed by atoms with Gasteiger partial charge in [0, 0.05) is 4.88 Å². The zero-order valence-corrected chi connectivity index (χ0v) is 10.3. The first kappa shape index (κ1) is 10.6. The molecule has 1 heterocycles. The maximum Gasteiger partial charge on any atom is 0.100 e.